The van der Waals surface area contributed by atoms with Gasteiger partial charge in [0.1, 0.15) is 5.82 Å². The summed E-state index contributed by atoms with van der Waals surface area (Å²) in [4.78, 5) is 26.1. The third kappa shape index (κ3) is 5.64. The molecule has 4 rings (SSSR count). The van der Waals surface area contributed by atoms with Gasteiger partial charge in [0.2, 0.25) is 5.91 Å². The lowest BCUT2D eigenvalue weighted by Gasteiger charge is -2.33. The number of pyridine rings is 1. The number of carbonyl (C=O) groups is 1. The highest BCUT2D eigenvalue weighted by molar-refractivity contribution is 7.09. The Kier molecular flexibility index (Phi) is 6.71. The molecule has 3 heterocycles. The highest BCUT2D eigenvalue weighted by Crippen LogP contribution is 2.16. The molecular formula is C23H27N5OS. The van der Waals surface area contributed by atoms with Crippen molar-refractivity contribution >= 4 is 23.1 Å². The molecule has 0 aliphatic carbocycles. The molecule has 3 aromatic rings. The molecule has 1 aliphatic heterocycles. The summed E-state index contributed by atoms with van der Waals surface area (Å²) in [5, 5.41) is 6.03. The fraction of sp³-hybridized carbons (Fsp3) is 0.348. The number of piperazine rings is 1. The minimum Gasteiger partial charge on any atom is -0.354 e. The second-order valence-electron chi connectivity index (χ2n) is 7.66. The van der Waals surface area contributed by atoms with Crippen LogP contribution in [0.1, 0.15) is 21.8 Å². The smallest absolute Gasteiger partial charge is 0.226 e. The van der Waals surface area contributed by atoms with Crippen LogP contribution in [-0.4, -0.2) is 54.0 Å². The van der Waals surface area contributed by atoms with Crippen LogP contribution in [0.4, 0.5) is 5.82 Å². The summed E-state index contributed by atoms with van der Waals surface area (Å²) in [6, 6.07) is 14.3. The van der Waals surface area contributed by atoms with Crippen molar-refractivity contribution < 1.29 is 4.79 Å². The van der Waals surface area contributed by atoms with Crippen LogP contribution in [0, 0.1) is 0 Å². The number of likely N-dealkylation sites (N-methyl/N-ethyl adjacent to an activating group) is 1. The van der Waals surface area contributed by atoms with Crippen molar-refractivity contribution in [2.75, 3.05) is 38.1 Å². The molecule has 1 fully saturated rings. The summed E-state index contributed by atoms with van der Waals surface area (Å²) in [7, 11) is 2.14. The van der Waals surface area contributed by atoms with E-state index in [0.717, 1.165) is 54.7 Å². The Labute approximate surface area is 181 Å². The van der Waals surface area contributed by atoms with E-state index < -0.39 is 0 Å². The molecule has 30 heavy (non-hydrogen) atoms. The molecule has 1 aromatic carbocycles. The first-order valence-corrected chi connectivity index (χ1v) is 11.2. The van der Waals surface area contributed by atoms with Gasteiger partial charge in [-0.05, 0) is 30.3 Å². The van der Waals surface area contributed by atoms with Crippen molar-refractivity contribution in [1.29, 1.82) is 0 Å². The number of aromatic nitrogens is 2. The fourth-order valence-corrected chi connectivity index (χ4v) is 4.32. The summed E-state index contributed by atoms with van der Waals surface area (Å²) < 4.78 is 0. The maximum atomic E-state index is 12.4. The largest absolute Gasteiger partial charge is 0.354 e. The van der Waals surface area contributed by atoms with E-state index in [9.17, 15) is 4.79 Å². The molecule has 1 amide bonds. The van der Waals surface area contributed by atoms with Crippen LogP contribution in [0.15, 0.2) is 54.0 Å². The molecule has 1 N–H and O–H groups in total. The number of benzene rings is 1. The van der Waals surface area contributed by atoms with E-state index in [1.807, 2.05) is 35.8 Å². The van der Waals surface area contributed by atoms with Crippen LogP contribution in [0.25, 0.3) is 0 Å². The van der Waals surface area contributed by atoms with Gasteiger partial charge in [-0.3, -0.25) is 4.79 Å². The van der Waals surface area contributed by atoms with Gasteiger partial charge < -0.3 is 15.1 Å². The first-order valence-electron chi connectivity index (χ1n) is 10.3. The van der Waals surface area contributed by atoms with E-state index in [1.165, 1.54) is 5.56 Å². The lowest BCUT2D eigenvalue weighted by molar-refractivity contribution is -0.120. The number of hydrogen-bond donors (Lipinski definition) is 1. The van der Waals surface area contributed by atoms with Gasteiger partial charge >= 0.3 is 0 Å². The van der Waals surface area contributed by atoms with Crippen molar-refractivity contribution in [2.45, 2.75) is 19.4 Å². The monoisotopic (exact) mass is 421 g/mol. The molecule has 1 aliphatic rings. The highest BCUT2D eigenvalue weighted by atomic mass is 32.1. The van der Waals surface area contributed by atoms with Crippen molar-refractivity contribution in [2.24, 2.45) is 0 Å². The van der Waals surface area contributed by atoms with E-state index in [-0.39, 0.29) is 5.91 Å². The Morgan fingerprint density at radius 1 is 1.10 bits per heavy atom. The number of nitrogens with zero attached hydrogens (tertiary/aromatic N) is 4. The van der Waals surface area contributed by atoms with Gasteiger partial charge in [-0.2, -0.15) is 0 Å². The molecule has 1 saturated heterocycles. The maximum Gasteiger partial charge on any atom is 0.226 e. The van der Waals surface area contributed by atoms with Crippen molar-refractivity contribution in [3.63, 3.8) is 0 Å². The van der Waals surface area contributed by atoms with Gasteiger partial charge in [-0.1, -0.05) is 30.3 Å². The molecule has 0 atom stereocenters. The lowest BCUT2D eigenvalue weighted by Crippen LogP contribution is -2.44. The Hall–Kier alpha value is -2.77. The predicted molar refractivity (Wildman–Crippen MR) is 121 cm³/mol. The van der Waals surface area contributed by atoms with Gasteiger partial charge in [0.05, 0.1) is 17.1 Å². The van der Waals surface area contributed by atoms with Crippen molar-refractivity contribution in [3.8, 4) is 0 Å². The van der Waals surface area contributed by atoms with Crippen LogP contribution in [-0.2, 0) is 24.2 Å². The molecule has 0 bridgehead atoms. The summed E-state index contributed by atoms with van der Waals surface area (Å²) >= 11 is 1.61. The highest BCUT2D eigenvalue weighted by Gasteiger charge is 2.15. The number of hydrogen-bond acceptors (Lipinski definition) is 6. The number of rotatable bonds is 7. The molecule has 6 nitrogen and oxygen atoms in total. The summed E-state index contributed by atoms with van der Waals surface area (Å²) in [6.45, 7) is 4.55. The van der Waals surface area contributed by atoms with Gasteiger partial charge in [0.15, 0.2) is 0 Å². The van der Waals surface area contributed by atoms with Crippen LogP contribution < -0.4 is 10.2 Å². The van der Waals surface area contributed by atoms with Crippen molar-refractivity contribution in [3.05, 3.63) is 75.9 Å². The van der Waals surface area contributed by atoms with Crippen LogP contribution in [0.3, 0.4) is 0 Å². The van der Waals surface area contributed by atoms with Crippen LogP contribution in [0.5, 0.6) is 0 Å². The Morgan fingerprint density at radius 3 is 2.70 bits per heavy atom. The summed E-state index contributed by atoms with van der Waals surface area (Å²) in [5.74, 6) is 0.976. The fourth-order valence-electron chi connectivity index (χ4n) is 3.49. The second-order valence-corrected chi connectivity index (χ2v) is 8.60. The molecule has 0 saturated carbocycles. The topological polar surface area (TPSA) is 61.4 Å². The normalized spacial score (nSPS) is 14.6. The zero-order valence-electron chi connectivity index (χ0n) is 17.3. The predicted octanol–water partition coefficient (Wildman–Crippen LogP) is 2.74. The van der Waals surface area contributed by atoms with Gasteiger partial charge in [0, 0.05) is 50.7 Å². The average molecular weight is 422 g/mol. The Balaban J connectivity index is 1.27. The first-order chi connectivity index (χ1) is 14.7. The molecule has 0 spiro atoms. The van der Waals surface area contributed by atoms with Gasteiger partial charge in [-0.15, -0.1) is 11.3 Å². The zero-order chi connectivity index (χ0) is 20.8. The zero-order valence-corrected chi connectivity index (χ0v) is 18.1. The molecule has 0 radical (unpaired) electrons. The number of thiazole rings is 1. The standard InChI is InChI=1S/C23H27N5OS/c1-27-9-11-28(12-10-27)21-13-19(7-8-24-21)16-25-22(29)15-20-17-30-23(26-20)14-18-5-3-2-4-6-18/h2-8,13,17H,9-12,14-16H2,1H3,(H,25,29). The molecule has 2 aromatic heterocycles. The number of anilines is 1. The Bertz CT molecular complexity index is 966. The van der Waals surface area contributed by atoms with E-state index in [2.05, 4.69) is 50.3 Å². The molecule has 0 unspecified atom stereocenters. The minimum atomic E-state index is -0.00970. The third-order valence-corrected chi connectivity index (χ3v) is 6.16. The molecule has 7 heteroatoms. The quantitative estimate of drug-likeness (QED) is 0.636. The third-order valence-electron chi connectivity index (χ3n) is 5.27. The number of amides is 1. The van der Waals surface area contributed by atoms with E-state index in [1.54, 1.807) is 11.3 Å². The Morgan fingerprint density at radius 2 is 1.90 bits per heavy atom. The molecule has 156 valence electrons. The van der Waals surface area contributed by atoms with Crippen LogP contribution >= 0.6 is 11.3 Å². The molecular weight excluding hydrogens is 394 g/mol. The second kappa shape index (κ2) is 9.82. The summed E-state index contributed by atoms with van der Waals surface area (Å²) in [5.41, 5.74) is 3.13. The number of carbonyl (C=O) groups excluding carboxylic acids is 1. The van der Waals surface area contributed by atoms with E-state index in [0.29, 0.717) is 13.0 Å². The minimum absolute atomic E-state index is 0.00970. The van der Waals surface area contributed by atoms with Crippen LogP contribution in [0.2, 0.25) is 0 Å². The van der Waals surface area contributed by atoms with Gasteiger partial charge in [0.25, 0.3) is 0 Å². The van der Waals surface area contributed by atoms with E-state index >= 15 is 0 Å². The summed E-state index contributed by atoms with van der Waals surface area (Å²) in [6.07, 6.45) is 2.94. The van der Waals surface area contributed by atoms with Gasteiger partial charge in [-0.25, -0.2) is 9.97 Å². The number of nitrogens with one attached hydrogen (secondary N) is 1. The first kappa shape index (κ1) is 20.5. The van der Waals surface area contributed by atoms with E-state index in [4.69, 9.17) is 0 Å². The maximum absolute atomic E-state index is 12.4. The average Bonchev–Trinajstić information content (AvgIpc) is 3.20. The SMILES string of the molecule is CN1CCN(c2cc(CNC(=O)Cc3csc(Cc4ccccc4)n3)ccn2)CC1. The van der Waals surface area contributed by atoms with Crippen molar-refractivity contribution in [1.82, 2.24) is 20.2 Å². The lowest BCUT2D eigenvalue weighted by atomic mass is 10.2.